The van der Waals surface area contributed by atoms with Crippen molar-refractivity contribution < 1.29 is 14.7 Å². The summed E-state index contributed by atoms with van der Waals surface area (Å²) in [6.07, 6.45) is 2.85. The minimum absolute atomic E-state index is 0.209. The molecule has 1 aliphatic heterocycles. The van der Waals surface area contributed by atoms with Crippen LogP contribution in [0.1, 0.15) is 50.7 Å². The first-order chi connectivity index (χ1) is 12.5. The predicted molar refractivity (Wildman–Crippen MR) is 101 cm³/mol. The van der Waals surface area contributed by atoms with Crippen LogP contribution < -0.4 is 10.6 Å². The summed E-state index contributed by atoms with van der Waals surface area (Å²) in [6, 6.07) is 7.64. The van der Waals surface area contributed by atoms with Gasteiger partial charge in [0.15, 0.2) is 0 Å². The van der Waals surface area contributed by atoms with E-state index in [9.17, 15) is 14.7 Å². The molecule has 1 aliphatic rings. The van der Waals surface area contributed by atoms with Crippen molar-refractivity contribution in [2.75, 3.05) is 13.1 Å². The van der Waals surface area contributed by atoms with E-state index in [2.05, 4.69) is 10.6 Å². The molecule has 6 nitrogen and oxygen atoms in total. The quantitative estimate of drug-likeness (QED) is 0.632. The van der Waals surface area contributed by atoms with Crippen LogP contribution in [0, 0.1) is 5.92 Å². The number of amides is 3. The van der Waals surface area contributed by atoms with Gasteiger partial charge in [0, 0.05) is 32.6 Å². The summed E-state index contributed by atoms with van der Waals surface area (Å²) in [4.78, 5) is 25.6. The number of nitrogens with one attached hydrogen (secondary N) is 2. The minimum Gasteiger partial charge on any atom is -0.391 e. The lowest BCUT2D eigenvalue weighted by atomic mass is 9.97. The fourth-order valence-corrected chi connectivity index (χ4v) is 3.37. The van der Waals surface area contributed by atoms with E-state index in [4.69, 9.17) is 0 Å². The molecule has 1 atom stereocenters. The largest absolute Gasteiger partial charge is 0.391 e. The smallest absolute Gasteiger partial charge is 0.315 e. The number of rotatable bonds is 9. The molecule has 1 saturated heterocycles. The Morgan fingerprint density at radius 2 is 1.96 bits per heavy atom. The highest BCUT2D eigenvalue weighted by atomic mass is 16.3. The van der Waals surface area contributed by atoms with Gasteiger partial charge in [0.1, 0.15) is 0 Å². The van der Waals surface area contributed by atoms with Crippen molar-refractivity contribution in [3.63, 3.8) is 0 Å². The average molecular weight is 361 g/mol. The highest BCUT2D eigenvalue weighted by molar-refractivity contribution is 5.78. The van der Waals surface area contributed by atoms with Gasteiger partial charge < -0.3 is 20.6 Å². The zero-order chi connectivity index (χ0) is 18.9. The number of likely N-dealkylation sites (tertiary alicyclic amines) is 1. The fraction of sp³-hybridized carbons (Fsp3) is 0.600. The molecule has 0 bridgehead atoms. The molecule has 0 saturated carbocycles. The number of benzene rings is 1. The van der Waals surface area contributed by atoms with Gasteiger partial charge in [-0.05, 0) is 23.5 Å². The van der Waals surface area contributed by atoms with Crippen molar-refractivity contribution in [3.8, 4) is 0 Å². The van der Waals surface area contributed by atoms with Gasteiger partial charge in [-0.1, -0.05) is 51.0 Å². The number of carbonyl (C=O) groups is 2. The Hall–Kier alpha value is -2.08. The van der Waals surface area contributed by atoms with Gasteiger partial charge in [0.05, 0.1) is 6.10 Å². The number of nitrogens with zero attached hydrogens (tertiary/aromatic N) is 1. The van der Waals surface area contributed by atoms with Crippen molar-refractivity contribution in [2.24, 2.45) is 5.92 Å². The summed E-state index contributed by atoms with van der Waals surface area (Å²) in [5.41, 5.74) is 2.06. The zero-order valence-electron chi connectivity index (χ0n) is 15.8. The molecular formula is C20H31N3O3. The van der Waals surface area contributed by atoms with E-state index >= 15 is 0 Å². The Kier molecular flexibility index (Phi) is 7.91. The predicted octanol–water partition coefficient (Wildman–Crippen LogP) is 2.41. The highest BCUT2D eigenvalue weighted by Crippen LogP contribution is 2.15. The van der Waals surface area contributed by atoms with Gasteiger partial charge in [-0.2, -0.15) is 0 Å². The molecule has 3 amide bonds. The Bertz CT molecular complexity index is 602. The third-order valence-corrected chi connectivity index (χ3v) is 5.05. The maximum absolute atomic E-state index is 11.9. The number of aliphatic hydroxyl groups excluding tert-OH is 1. The van der Waals surface area contributed by atoms with E-state index in [0.29, 0.717) is 19.5 Å². The number of hydrogen-bond donors (Lipinski definition) is 3. The van der Waals surface area contributed by atoms with Crippen molar-refractivity contribution in [2.45, 2.75) is 58.7 Å². The lowest BCUT2D eigenvalue weighted by Crippen LogP contribution is -2.41. The van der Waals surface area contributed by atoms with Crippen LogP contribution >= 0.6 is 0 Å². The van der Waals surface area contributed by atoms with E-state index in [1.165, 1.54) is 0 Å². The molecular weight excluding hydrogens is 330 g/mol. The molecule has 1 unspecified atom stereocenters. The number of aliphatic hydroxyl groups is 1. The summed E-state index contributed by atoms with van der Waals surface area (Å²) >= 11 is 0. The number of hydrogen-bond acceptors (Lipinski definition) is 3. The molecule has 0 aliphatic carbocycles. The van der Waals surface area contributed by atoms with Crippen LogP contribution in [-0.2, 0) is 17.9 Å². The molecule has 0 spiro atoms. The maximum Gasteiger partial charge on any atom is 0.315 e. The molecule has 1 aromatic carbocycles. The van der Waals surface area contributed by atoms with Gasteiger partial charge in [0.2, 0.25) is 5.91 Å². The molecule has 144 valence electrons. The van der Waals surface area contributed by atoms with E-state index in [1.54, 1.807) is 0 Å². The molecule has 2 rings (SSSR count). The van der Waals surface area contributed by atoms with Crippen molar-refractivity contribution in [1.29, 1.82) is 0 Å². The molecule has 3 N–H and O–H groups in total. The molecule has 0 radical (unpaired) electrons. The summed E-state index contributed by atoms with van der Waals surface area (Å²) in [6.45, 7) is 6.20. The number of urea groups is 1. The maximum atomic E-state index is 11.9. The van der Waals surface area contributed by atoms with Gasteiger partial charge in [-0.25, -0.2) is 4.79 Å². The van der Waals surface area contributed by atoms with Crippen LogP contribution in [0.2, 0.25) is 0 Å². The van der Waals surface area contributed by atoms with Crippen LogP contribution in [-0.4, -0.2) is 41.1 Å². The van der Waals surface area contributed by atoms with Crippen molar-refractivity contribution in [1.82, 2.24) is 15.5 Å². The summed E-state index contributed by atoms with van der Waals surface area (Å²) in [5, 5.41) is 15.6. The minimum atomic E-state index is -0.517. The number of carbonyl (C=O) groups excluding carboxylic acids is 2. The Morgan fingerprint density at radius 1 is 1.23 bits per heavy atom. The standard InChI is InChI=1S/C20H31N3O3/c1-3-17(4-2)18(24)13-22-20(26)21-12-15-7-5-8-16(11-15)14-23-10-6-9-19(23)25/h5,7-8,11,17-18,24H,3-4,6,9-10,12-14H2,1-2H3,(H2,21,22,26). The van der Waals surface area contributed by atoms with E-state index in [1.807, 2.05) is 43.0 Å². The second-order valence-electron chi connectivity index (χ2n) is 6.95. The lowest BCUT2D eigenvalue weighted by molar-refractivity contribution is -0.128. The average Bonchev–Trinajstić information content (AvgIpc) is 3.04. The van der Waals surface area contributed by atoms with Gasteiger partial charge in [-0.15, -0.1) is 0 Å². The molecule has 1 fully saturated rings. The van der Waals surface area contributed by atoms with Crippen molar-refractivity contribution >= 4 is 11.9 Å². The van der Waals surface area contributed by atoms with Gasteiger partial charge >= 0.3 is 6.03 Å². The Labute approximate surface area is 156 Å². The monoisotopic (exact) mass is 361 g/mol. The summed E-state index contributed by atoms with van der Waals surface area (Å²) < 4.78 is 0. The fourth-order valence-electron chi connectivity index (χ4n) is 3.37. The third kappa shape index (κ3) is 6.02. The van der Waals surface area contributed by atoms with E-state index in [-0.39, 0.29) is 24.4 Å². The van der Waals surface area contributed by atoms with E-state index in [0.717, 1.165) is 36.9 Å². The van der Waals surface area contributed by atoms with Crippen LogP contribution in [0.15, 0.2) is 24.3 Å². The Morgan fingerprint density at radius 3 is 2.62 bits per heavy atom. The van der Waals surface area contributed by atoms with Gasteiger partial charge in [0.25, 0.3) is 0 Å². The van der Waals surface area contributed by atoms with Crippen LogP contribution in [0.25, 0.3) is 0 Å². The van der Waals surface area contributed by atoms with Crippen molar-refractivity contribution in [3.05, 3.63) is 35.4 Å². The second-order valence-corrected chi connectivity index (χ2v) is 6.95. The SMILES string of the molecule is CCC(CC)C(O)CNC(=O)NCc1cccc(CN2CCCC2=O)c1. The molecule has 26 heavy (non-hydrogen) atoms. The lowest BCUT2D eigenvalue weighted by Gasteiger charge is -2.20. The topological polar surface area (TPSA) is 81.7 Å². The third-order valence-electron chi connectivity index (χ3n) is 5.05. The molecule has 6 heteroatoms. The molecule has 1 heterocycles. The summed E-state index contributed by atoms with van der Waals surface area (Å²) in [5.74, 6) is 0.421. The van der Waals surface area contributed by atoms with Crippen LogP contribution in [0.5, 0.6) is 0 Å². The van der Waals surface area contributed by atoms with Gasteiger partial charge in [-0.3, -0.25) is 4.79 Å². The van der Waals surface area contributed by atoms with E-state index < -0.39 is 6.10 Å². The van der Waals surface area contributed by atoms with Crippen LogP contribution in [0.4, 0.5) is 4.79 Å². The molecule has 1 aromatic rings. The normalized spacial score (nSPS) is 15.4. The first-order valence-electron chi connectivity index (χ1n) is 9.58. The Balaban J connectivity index is 1.77. The summed E-state index contributed by atoms with van der Waals surface area (Å²) in [7, 11) is 0. The van der Waals surface area contributed by atoms with Crippen LogP contribution in [0.3, 0.4) is 0 Å². The molecule has 0 aromatic heterocycles. The first-order valence-corrected chi connectivity index (χ1v) is 9.58. The first kappa shape index (κ1) is 20.2. The second kappa shape index (κ2) is 10.2. The zero-order valence-corrected chi connectivity index (χ0v) is 15.8. The highest BCUT2D eigenvalue weighted by Gasteiger charge is 2.20.